The molecule has 0 bridgehead atoms. The predicted molar refractivity (Wildman–Crippen MR) is 93.5 cm³/mol. The Morgan fingerprint density at radius 3 is 2.70 bits per heavy atom. The van der Waals surface area contributed by atoms with E-state index in [9.17, 15) is 18.0 Å². The number of carbonyl (C=O) groups is 1. The summed E-state index contributed by atoms with van der Waals surface area (Å²) in [5, 5.41) is 3.88. The first kappa shape index (κ1) is 20.6. The van der Waals surface area contributed by atoms with Crippen LogP contribution in [-0.4, -0.2) is 53.6 Å². The zero-order chi connectivity index (χ0) is 21.4. The van der Waals surface area contributed by atoms with E-state index in [1.165, 1.54) is 18.2 Å². The highest BCUT2D eigenvalue weighted by molar-refractivity contribution is 5.97. The molecule has 0 radical (unpaired) electrons. The van der Waals surface area contributed by atoms with Crippen molar-refractivity contribution in [2.75, 3.05) is 26.3 Å². The normalized spacial score (nSPS) is 23.0. The van der Waals surface area contributed by atoms with Crippen LogP contribution >= 0.6 is 0 Å². The molecule has 1 unspecified atom stereocenters. The number of likely N-dealkylation sites (tertiary alicyclic amines) is 1. The zero-order valence-corrected chi connectivity index (χ0v) is 15.8. The maximum absolute atomic E-state index is 15.5. The summed E-state index contributed by atoms with van der Waals surface area (Å²) in [6.45, 7) is 0.722. The smallest absolute Gasteiger partial charge is 0.405 e. The average molecular weight is 429 g/mol. The largest absolute Gasteiger partial charge is 0.573 e. The molecule has 0 N–H and O–H groups in total. The van der Waals surface area contributed by atoms with Crippen molar-refractivity contribution in [2.24, 2.45) is 0 Å². The molecule has 3 heterocycles. The average Bonchev–Trinajstić information content (AvgIpc) is 3.36. The Morgan fingerprint density at radius 1 is 1.23 bits per heavy atom. The molecule has 2 aliphatic heterocycles. The van der Waals surface area contributed by atoms with Crippen molar-refractivity contribution in [3.05, 3.63) is 41.5 Å². The van der Waals surface area contributed by atoms with E-state index >= 15 is 4.39 Å². The van der Waals surface area contributed by atoms with Crippen LogP contribution < -0.4 is 4.74 Å². The highest BCUT2D eigenvalue weighted by atomic mass is 19.4. The number of alkyl halides is 4. The van der Waals surface area contributed by atoms with Crippen LogP contribution in [0.15, 0.2) is 28.8 Å². The van der Waals surface area contributed by atoms with Gasteiger partial charge in [-0.05, 0) is 25.0 Å². The van der Waals surface area contributed by atoms with Crippen molar-refractivity contribution in [2.45, 2.75) is 37.2 Å². The van der Waals surface area contributed by atoms with Crippen LogP contribution in [0.1, 0.15) is 47.3 Å². The van der Waals surface area contributed by atoms with Gasteiger partial charge in [-0.1, -0.05) is 17.3 Å². The minimum Gasteiger partial charge on any atom is -0.405 e. The molecule has 2 saturated heterocycles. The number of aromatic nitrogens is 2. The molecule has 1 amide bonds. The van der Waals surface area contributed by atoms with Crippen LogP contribution in [0.5, 0.6) is 5.75 Å². The van der Waals surface area contributed by atoms with Gasteiger partial charge in [0.15, 0.2) is 5.82 Å². The number of hydrogen-bond acceptors (Lipinski definition) is 6. The summed E-state index contributed by atoms with van der Waals surface area (Å²) >= 11 is 0. The van der Waals surface area contributed by atoms with Gasteiger partial charge < -0.3 is 18.9 Å². The third-order valence-electron chi connectivity index (χ3n) is 5.26. The van der Waals surface area contributed by atoms with Crippen LogP contribution in [0.3, 0.4) is 0 Å². The Kier molecular flexibility index (Phi) is 5.39. The summed E-state index contributed by atoms with van der Waals surface area (Å²) in [4.78, 5) is 18.1. The van der Waals surface area contributed by atoms with E-state index in [0.717, 1.165) is 11.0 Å². The Balaban J connectivity index is 1.49. The molecular formula is C19H19F4N3O4. The number of rotatable bonds is 4. The Bertz CT molecular complexity index is 913. The fourth-order valence-electron chi connectivity index (χ4n) is 3.69. The maximum Gasteiger partial charge on any atom is 0.573 e. The van der Waals surface area contributed by atoms with E-state index < -0.39 is 30.2 Å². The first-order chi connectivity index (χ1) is 14.3. The molecule has 0 aliphatic carbocycles. The molecule has 30 heavy (non-hydrogen) atoms. The zero-order valence-electron chi connectivity index (χ0n) is 15.8. The number of carbonyl (C=O) groups excluding carboxylic acids is 1. The van der Waals surface area contributed by atoms with Crippen molar-refractivity contribution < 1.29 is 36.4 Å². The van der Waals surface area contributed by atoms with E-state index in [1.54, 1.807) is 0 Å². The van der Waals surface area contributed by atoms with Crippen molar-refractivity contribution in [3.63, 3.8) is 0 Å². The Hall–Kier alpha value is -2.69. The monoisotopic (exact) mass is 429 g/mol. The summed E-state index contributed by atoms with van der Waals surface area (Å²) in [7, 11) is 0. The molecule has 0 saturated carbocycles. The van der Waals surface area contributed by atoms with Crippen LogP contribution in [-0.2, 0) is 10.4 Å². The van der Waals surface area contributed by atoms with Gasteiger partial charge in [-0.2, -0.15) is 4.98 Å². The molecule has 11 heteroatoms. The molecule has 2 aromatic rings. The fraction of sp³-hybridized carbons (Fsp3) is 0.526. The summed E-state index contributed by atoms with van der Waals surface area (Å²) < 4.78 is 67.7. The third kappa shape index (κ3) is 4.25. The van der Waals surface area contributed by atoms with E-state index in [4.69, 9.17) is 9.26 Å². The predicted octanol–water partition coefficient (Wildman–Crippen LogP) is 3.57. The highest BCUT2D eigenvalue weighted by Crippen LogP contribution is 2.38. The van der Waals surface area contributed by atoms with Crippen molar-refractivity contribution in [3.8, 4) is 5.75 Å². The first-order valence-corrected chi connectivity index (χ1v) is 9.50. The van der Waals surface area contributed by atoms with Gasteiger partial charge in [0.2, 0.25) is 5.67 Å². The van der Waals surface area contributed by atoms with Crippen LogP contribution in [0.25, 0.3) is 0 Å². The van der Waals surface area contributed by atoms with Crippen LogP contribution in [0.4, 0.5) is 17.6 Å². The first-order valence-electron chi connectivity index (χ1n) is 9.50. The number of nitrogens with zero attached hydrogens (tertiary/aromatic N) is 3. The van der Waals surface area contributed by atoms with E-state index in [1.807, 2.05) is 0 Å². The molecule has 2 fully saturated rings. The lowest BCUT2D eigenvalue weighted by Crippen LogP contribution is -2.33. The molecular weight excluding hydrogens is 410 g/mol. The van der Waals surface area contributed by atoms with Gasteiger partial charge in [0.05, 0.1) is 12.1 Å². The highest BCUT2D eigenvalue weighted by Gasteiger charge is 2.47. The van der Waals surface area contributed by atoms with Gasteiger partial charge in [0.25, 0.3) is 11.8 Å². The number of benzene rings is 1. The molecule has 1 atom stereocenters. The summed E-state index contributed by atoms with van der Waals surface area (Å²) in [6, 6.07) is 4.97. The van der Waals surface area contributed by atoms with Crippen molar-refractivity contribution >= 4 is 5.91 Å². The molecule has 1 aromatic carbocycles. The molecule has 0 spiro atoms. The summed E-state index contributed by atoms with van der Waals surface area (Å²) in [5.41, 5.74) is -2.36. The Labute approximate surface area is 168 Å². The second-order valence-electron chi connectivity index (χ2n) is 7.33. The Morgan fingerprint density at radius 2 is 1.97 bits per heavy atom. The van der Waals surface area contributed by atoms with Crippen molar-refractivity contribution in [1.82, 2.24) is 15.0 Å². The third-order valence-corrected chi connectivity index (χ3v) is 5.26. The van der Waals surface area contributed by atoms with E-state index in [0.29, 0.717) is 31.9 Å². The molecule has 7 nitrogen and oxygen atoms in total. The topological polar surface area (TPSA) is 77.7 Å². The second kappa shape index (κ2) is 7.86. The van der Waals surface area contributed by atoms with Crippen LogP contribution in [0.2, 0.25) is 0 Å². The minimum absolute atomic E-state index is 0.00926. The van der Waals surface area contributed by atoms with Gasteiger partial charge in [-0.3, -0.25) is 4.79 Å². The van der Waals surface area contributed by atoms with E-state index in [-0.39, 0.29) is 30.3 Å². The molecule has 162 valence electrons. The number of hydrogen-bond donors (Lipinski definition) is 0. The molecule has 2 aliphatic rings. The van der Waals surface area contributed by atoms with Gasteiger partial charge >= 0.3 is 6.36 Å². The lowest BCUT2D eigenvalue weighted by molar-refractivity contribution is -0.274. The molecule has 4 rings (SSSR count). The van der Waals surface area contributed by atoms with Gasteiger partial charge in [0, 0.05) is 32.1 Å². The number of para-hydroxylation sites is 1. The fourth-order valence-corrected chi connectivity index (χ4v) is 3.69. The SMILES string of the molecule is O=C(c1ccccc1OC(F)(F)F)N1CCC(F)(c2nc(C3CCOCC3)no2)C1. The lowest BCUT2D eigenvalue weighted by atomic mass is 9.99. The number of ether oxygens (including phenoxy) is 2. The number of halogens is 4. The van der Waals surface area contributed by atoms with Crippen LogP contribution in [0, 0.1) is 0 Å². The standard InChI is InChI=1S/C19H19F4N3O4/c20-18(17-24-15(25-30-17)12-5-9-28-10-6-12)7-8-26(11-18)16(27)13-3-1-2-4-14(13)29-19(21,22)23/h1-4,12H,5-11H2. The second-order valence-corrected chi connectivity index (χ2v) is 7.33. The van der Waals surface area contributed by atoms with Crippen molar-refractivity contribution in [1.29, 1.82) is 0 Å². The van der Waals surface area contributed by atoms with Gasteiger partial charge in [0.1, 0.15) is 5.75 Å². The lowest BCUT2D eigenvalue weighted by Gasteiger charge is -2.20. The number of amides is 1. The van der Waals surface area contributed by atoms with E-state index in [2.05, 4.69) is 14.9 Å². The summed E-state index contributed by atoms with van der Waals surface area (Å²) in [6.07, 6.45) is -3.64. The summed E-state index contributed by atoms with van der Waals surface area (Å²) in [5.74, 6) is -1.20. The van der Waals surface area contributed by atoms with Gasteiger partial charge in [-0.15, -0.1) is 13.2 Å². The quantitative estimate of drug-likeness (QED) is 0.692. The maximum atomic E-state index is 15.5. The molecule has 1 aromatic heterocycles. The minimum atomic E-state index is -4.95. The van der Waals surface area contributed by atoms with Gasteiger partial charge in [-0.25, -0.2) is 4.39 Å².